The molecule has 2 aromatic carbocycles. The van der Waals surface area contributed by atoms with E-state index in [9.17, 15) is 4.79 Å². The molecule has 6 nitrogen and oxygen atoms in total. The van der Waals surface area contributed by atoms with Crippen molar-refractivity contribution in [2.45, 2.75) is 19.4 Å². The van der Waals surface area contributed by atoms with Crippen LogP contribution in [0.4, 0.5) is 5.82 Å². The summed E-state index contributed by atoms with van der Waals surface area (Å²) in [5.41, 5.74) is 3.48. The average Bonchev–Trinajstić information content (AvgIpc) is 3.28. The summed E-state index contributed by atoms with van der Waals surface area (Å²) in [6.45, 7) is 1.87. The van der Waals surface area contributed by atoms with Crippen molar-refractivity contribution in [3.8, 4) is 11.3 Å². The molecule has 1 saturated heterocycles. The molecule has 168 valence electrons. The third kappa shape index (κ3) is 4.54. The molecule has 0 radical (unpaired) electrons. The van der Waals surface area contributed by atoms with Gasteiger partial charge in [-0.25, -0.2) is 9.50 Å². The Bertz CT molecular complexity index is 1300. The topological polar surface area (TPSA) is 62.5 Å². The van der Waals surface area contributed by atoms with E-state index in [0.717, 1.165) is 47.5 Å². The molecule has 4 aromatic rings. The highest BCUT2D eigenvalue weighted by atomic mass is 35.5. The Kier molecular flexibility index (Phi) is 6.20. The van der Waals surface area contributed by atoms with Gasteiger partial charge in [0.25, 0.3) is 0 Å². The van der Waals surface area contributed by atoms with E-state index in [1.54, 1.807) is 6.20 Å². The second kappa shape index (κ2) is 9.41. The van der Waals surface area contributed by atoms with Crippen LogP contribution in [0.1, 0.15) is 18.4 Å². The number of nitrogens with zero attached hydrogens (tertiary/aromatic N) is 4. The van der Waals surface area contributed by atoms with Crippen molar-refractivity contribution in [1.29, 1.82) is 0 Å². The molecular formula is C25H23Cl2N5O. The molecule has 1 unspecified atom stereocenters. The Morgan fingerprint density at radius 3 is 2.70 bits per heavy atom. The van der Waals surface area contributed by atoms with Gasteiger partial charge in [-0.1, -0.05) is 59.6 Å². The average molecular weight is 480 g/mol. The normalized spacial score (nSPS) is 16.2. The second-order valence-corrected chi connectivity index (χ2v) is 9.00. The molecule has 0 aliphatic carbocycles. The Labute approximate surface area is 202 Å². The zero-order chi connectivity index (χ0) is 22.8. The fourth-order valence-corrected chi connectivity index (χ4v) is 4.74. The molecule has 0 bridgehead atoms. The van der Waals surface area contributed by atoms with Gasteiger partial charge in [0.15, 0.2) is 5.82 Å². The lowest BCUT2D eigenvalue weighted by atomic mass is 9.97. The van der Waals surface area contributed by atoms with E-state index in [1.807, 2.05) is 65.3 Å². The minimum Gasteiger partial charge on any atom is -0.354 e. The van der Waals surface area contributed by atoms with Gasteiger partial charge in [-0.3, -0.25) is 4.79 Å². The van der Waals surface area contributed by atoms with Crippen LogP contribution in [0, 0.1) is 5.92 Å². The second-order valence-electron chi connectivity index (χ2n) is 8.18. The number of rotatable bonds is 5. The lowest BCUT2D eigenvalue weighted by Crippen LogP contribution is -2.43. The number of carbonyl (C=O) groups excluding carboxylic acids is 1. The van der Waals surface area contributed by atoms with Crippen LogP contribution in [0.15, 0.2) is 67.0 Å². The molecule has 8 heteroatoms. The van der Waals surface area contributed by atoms with Gasteiger partial charge in [-0.15, -0.1) is 0 Å². The summed E-state index contributed by atoms with van der Waals surface area (Å²) in [5, 5.41) is 9.06. The number of nitrogens with one attached hydrogen (secondary N) is 1. The van der Waals surface area contributed by atoms with Crippen molar-refractivity contribution in [1.82, 2.24) is 19.9 Å². The monoisotopic (exact) mass is 479 g/mol. The lowest BCUT2D eigenvalue weighted by Gasteiger charge is -2.33. The zero-order valence-electron chi connectivity index (χ0n) is 17.9. The van der Waals surface area contributed by atoms with Crippen molar-refractivity contribution in [3.05, 3.63) is 82.6 Å². The maximum absolute atomic E-state index is 12.9. The maximum atomic E-state index is 12.9. The molecule has 0 spiro atoms. The van der Waals surface area contributed by atoms with E-state index in [0.29, 0.717) is 23.1 Å². The molecule has 3 heterocycles. The van der Waals surface area contributed by atoms with Crippen LogP contribution in [0.25, 0.3) is 16.8 Å². The lowest BCUT2D eigenvalue weighted by molar-refractivity contribution is -0.125. The number of halogens is 2. The number of benzene rings is 2. The number of amides is 1. The summed E-state index contributed by atoms with van der Waals surface area (Å²) in [5.74, 6) is 0.748. The zero-order valence-corrected chi connectivity index (χ0v) is 19.4. The number of piperidine rings is 1. The first-order valence-electron chi connectivity index (χ1n) is 11.0. The van der Waals surface area contributed by atoms with Crippen LogP contribution in [0.5, 0.6) is 0 Å². The Balaban J connectivity index is 1.35. The van der Waals surface area contributed by atoms with E-state index in [-0.39, 0.29) is 11.8 Å². The SMILES string of the molecule is O=C(NCc1ccccc1Cl)C1CCCN(c2nccn3nc(-c4ccccc4Cl)cc23)C1. The summed E-state index contributed by atoms with van der Waals surface area (Å²) in [6, 6.07) is 17.2. The first-order chi connectivity index (χ1) is 16.1. The van der Waals surface area contributed by atoms with Crippen molar-refractivity contribution in [2.75, 3.05) is 18.0 Å². The largest absolute Gasteiger partial charge is 0.354 e. The molecule has 1 aliphatic heterocycles. The van der Waals surface area contributed by atoms with Gasteiger partial charge < -0.3 is 10.2 Å². The molecule has 1 amide bonds. The molecular weight excluding hydrogens is 457 g/mol. The number of carbonyl (C=O) groups is 1. The number of aromatic nitrogens is 3. The van der Waals surface area contributed by atoms with E-state index >= 15 is 0 Å². The maximum Gasteiger partial charge on any atom is 0.225 e. The van der Waals surface area contributed by atoms with Gasteiger partial charge >= 0.3 is 0 Å². The van der Waals surface area contributed by atoms with Crippen LogP contribution in [0.2, 0.25) is 10.0 Å². The molecule has 0 saturated carbocycles. The van der Waals surface area contributed by atoms with Gasteiger partial charge in [0.1, 0.15) is 5.52 Å². The highest BCUT2D eigenvalue weighted by Crippen LogP contribution is 2.31. The highest BCUT2D eigenvalue weighted by Gasteiger charge is 2.28. The first-order valence-corrected chi connectivity index (χ1v) is 11.7. The summed E-state index contributed by atoms with van der Waals surface area (Å²) in [4.78, 5) is 19.7. The Hall–Kier alpha value is -3.09. The van der Waals surface area contributed by atoms with Crippen LogP contribution < -0.4 is 10.2 Å². The standard InChI is InChI=1S/C25H23Cl2N5O/c26-20-9-3-1-6-17(20)15-29-25(33)18-7-5-12-31(16-18)24-23-14-22(30-32(23)13-11-28-24)19-8-2-4-10-21(19)27/h1-4,6,8-11,13-14,18H,5,7,12,15-16H2,(H,29,33). The predicted molar refractivity (Wildman–Crippen MR) is 132 cm³/mol. The Morgan fingerprint density at radius 1 is 1.09 bits per heavy atom. The van der Waals surface area contributed by atoms with E-state index in [1.165, 1.54) is 0 Å². The van der Waals surface area contributed by atoms with Gasteiger partial charge in [0.05, 0.1) is 16.6 Å². The van der Waals surface area contributed by atoms with Crippen LogP contribution in [-0.4, -0.2) is 33.6 Å². The molecule has 2 aromatic heterocycles. The van der Waals surface area contributed by atoms with E-state index in [2.05, 4.69) is 15.2 Å². The summed E-state index contributed by atoms with van der Waals surface area (Å²) in [6.07, 6.45) is 5.33. The minimum atomic E-state index is -0.116. The summed E-state index contributed by atoms with van der Waals surface area (Å²) in [7, 11) is 0. The number of fused-ring (bicyclic) bond motifs is 1. The molecule has 1 fully saturated rings. The van der Waals surface area contributed by atoms with Gasteiger partial charge in [-0.2, -0.15) is 5.10 Å². The summed E-state index contributed by atoms with van der Waals surface area (Å²) < 4.78 is 1.82. The highest BCUT2D eigenvalue weighted by molar-refractivity contribution is 6.33. The van der Waals surface area contributed by atoms with Crippen LogP contribution in [-0.2, 0) is 11.3 Å². The molecule has 33 heavy (non-hydrogen) atoms. The van der Waals surface area contributed by atoms with E-state index in [4.69, 9.17) is 28.3 Å². The van der Waals surface area contributed by atoms with Crippen LogP contribution >= 0.6 is 23.2 Å². The smallest absolute Gasteiger partial charge is 0.225 e. The molecule has 1 N–H and O–H groups in total. The fraction of sp³-hybridized carbons (Fsp3) is 0.240. The van der Waals surface area contributed by atoms with Gasteiger partial charge in [-0.05, 0) is 36.6 Å². The molecule has 1 atom stereocenters. The third-order valence-corrected chi connectivity index (χ3v) is 6.72. The predicted octanol–water partition coefficient (Wildman–Crippen LogP) is 5.24. The Morgan fingerprint density at radius 2 is 1.88 bits per heavy atom. The molecule has 5 rings (SSSR count). The van der Waals surface area contributed by atoms with Crippen molar-refractivity contribution < 1.29 is 4.79 Å². The third-order valence-electron chi connectivity index (χ3n) is 6.02. The van der Waals surface area contributed by atoms with Crippen molar-refractivity contribution >= 4 is 40.4 Å². The fourth-order valence-electron chi connectivity index (χ4n) is 4.30. The van der Waals surface area contributed by atoms with Crippen molar-refractivity contribution in [2.24, 2.45) is 5.92 Å². The van der Waals surface area contributed by atoms with Crippen LogP contribution in [0.3, 0.4) is 0 Å². The van der Waals surface area contributed by atoms with Crippen molar-refractivity contribution in [3.63, 3.8) is 0 Å². The summed E-state index contributed by atoms with van der Waals surface area (Å²) >= 11 is 12.6. The quantitative estimate of drug-likeness (QED) is 0.425. The number of hydrogen-bond donors (Lipinski definition) is 1. The molecule has 1 aliphatic rings. The minimum absolute atomic E-state index is 0.0387. The van der Waals surface area contributed by atoms with Gasteiger partial charge in [0.2, 0.25) is 5.91 Å². The number of hydrogen-bond acceptors (Lipinski definition) is 4. The first kappa shape index (κ1) is 21.7. The van der Waals surface area contributed by atoms with Gasteiger partial charge in [0, 0.05) is 42.6 Å². The number of anilines is 1. The van der Waals surface area contributed by atoms with E-state index < -0.39 is 0 Å².